The summed E-state index contributed by atoms with van der Waals surface area (Å²) < 4.78 is 33.2. The van der Waals surface area contributed by atoms with Crippen LogP contribution in [-0.2, 0) is 20.9 Å². The van der Waals surface area contributed by atoms with Crippen LogP contribution >= 0.6 is 11.6 Å². The summed E-state index contributed by atoms with van der Waals surface area (Å²) in [5, 5.41) is 3.12. The minimum absolute atomic E-state index is 0.0138. The second-order valence-corrected chi connectivity index (χ2v) is 5.66. The van der Waals surface area contributed by atoms with Crippen LogP contribution in [0.15, 0.2) is 54.6 Å². The highest BCUT2D eigenvalue weighted by Crippen LogP contribution is 2.16. The number of carbonyl (C=O) groups is 2. The molecule has 5 nitrogen and oxygen atoms in total. The summed E-state index contributed by atoms with van der Waals surface area (Å²) >= 11 is 5.98. The predicted octanol–water partition coefficient (Wildman–Crippen LogP) is 3.81. The maximum Gasteiger partial charge on any atom is 0.387 e. The van der Waals surface area contributed by atoms with Gasteiger partial charge < -0.3 is 14.8 Å². The molecule has 2 rings (SSSR count). The smallest absolute Gasteiger partial charge is 0.387 e. The van der Waals surface area contributed by atoms with Crippen LogP contribution in [0.3, 0.4) is 0 Å². The van der Waals surface area contributed by atoms with Crippen molar-refractivity contribution in [2.45, 2.75) is 13.2 Å². The largest absolute Gasteiger partial charge is 0.452 e. The number of rotatable bonds is 8. The number of alkyl halides is 2. The van der Waals surface area contributed by atoms with E-state index in [1.807, 2.05) is 0 Å². The minimum atomic E-state index is -2.90. The number of esters is 1. The molecular weight excluding hydrogens is 380 g/mol. The highest BCUT2D eigenvalue weighted by molar-refractivity contribution is 6.31. The molecule has 0 heterocycles. The minimum Gasteiger partial charge on any atom is -0.452 e. The third kappa shape index (κ3) is 7.45. The fourth-order valence-electron chi connectivity index (χ4n) is 2.00. The van der Waals surface area contributed by atoms with Gasteiger partial charge in [0.25, 0.3) is 5.91 Å². The first-order chi connectivity index (χ1) is 12.9. The molecule has 0 aliphatic heterocycles. The van der Waals surface area contributed by atoms with Gasteiger partial charge in [-0.05, 0) is 35.4 Å². The molecule has 0 fully saturated rings. The van der Waals surface area contributed by atoms with E-state index < -0.39 is 25.1 Å². The van der Waals surface area contributed by atoms with Gasteiger partial charge in [-0.1, -0.05) is 41.9 Å². The zero-order valence-electron chi connectivity index (χ0n) is 14.0. The van der Waals surface area contributed by atoms with Gasteiger partial charge in [-0.25, -0.2) is 4.79 Å². The Balaban J connectivity index is 1.74. The van der Waals surface area contributed by atoms with Crippen molar-refractivity contribution in [3.63, 3.8) is 0 Å². The average Bonchev–Trinajstić information content (AvgIpc) is 2.64. The molecule has 1 amide bonds. The van der Waals surface area contributed by atoms with Crippen molar-refractivity contribution in [2.24, 2.45) is 0 Å². The Labute approximate surface area is 159 Å². The molecule has 27 heavy (non-hydrogen) atoms. The molecule has 0 bridgehead atoms. The molecular formula is C19H16ClF2NO4. The molecule has 0 saturated carbocycles. The Hall–Kier alpha value is -2.93. The van der Waals surface area contributed by atoms with Crippen LogP contribution in [0.1, 0.15) is 11.1 Å². The van der Waals surface area contributed by atoms with Gasteiger partial charge in [0.15, 0.2) is 6.61 Å². The Bertz CT molecular complexity index is 810. The Morgan fingerprint density at radius 3 is 2.48 bits per heavy atom. The molecule has 8 heteroatoms. The second-order valence-electron chi connectivity index (χ2n) is 5.26. The summed E-state index contributed by atoms with van der Waals surface area (Å²) in [5.74, 6) is -1.17. The summed E-state index contributed by atoms with van der Waals surface area (Å²) in [4.78, 5) is 23.3. The number of benzene rings is 2. The van der Waals surface area contributed by atoms with Gasteiger partial charge >= 0.3 is 12.6 Å². The fraction of sp³-hybridized carbons (Fsp3) is 0.158. The van der Waals surface area contributed by atoms with Gasteiger partial charge in [-0.3, -0.25) is 4.79 Å². The maximum atomic E-state index is 12.1. The Kier molecular flexibility index (Phi) is 7.76. The van der Waals surface area contributed by atoms with E-state index in [-0.39, 0.29) is 12.3 Å². The quantitative estimate of drug-likeness (QED) is 0.545. The van der Waals surface area contributed by atoms with Gasteiger partial charge in [0.05, 0.1) is 0 Å². The van der Waals surface area contributed by atoms with Gasteiger partial charge in [0.1, 0.15) is 5.75 Å². The molecule has 0 aliphatic carbocycles. The predicted molar refractivity (Wildman–Crippen MR) is 96.4 cm³/mol. The van der Waals surface area contributed by atoms with Crippen molar-refractivity contribution in [3.8, 4) is 5.75 Å². The van der Waals surface area contributed by atoms with Crippen molar-refractivity contribution < 1.29 is 27.8 Å². The molecule has 0 unspecified atom stereocenters. The van der Waals surface area contributed by atoms with E-state index in [0.29, 0.717) is 10.6 Å². The summed E-state index contributed by atoms with van der Waals surface area (Å²) in [6, 6.07) is 12.7. The molecule has 0 spiro atoms. The van der Waals surface area contributed by atoms with E-state index in [9.17, 15) is 18.4 Å². The standard InChI is InChI=1S/C19H16ClF2NO4/c20-16-4-2-1-3-14(16)11-23-17(24)12-26-18(25)10-7-13-5-8-15(9-6-13)27-19(21)22/h1-10,19H,11-12H2,(H,23,24)/b10-7+. The SMILES string of the molecule is O=C(COC(=O)/C=C/c1ccc(OC(F)F)cc1)NCc1ccccc1Cl. The van der Waals surface area contributed by atoms with Crippen molar-refractivity contribution in [3.05, 3.63) is 70.8 Å². The van der Waals surface area contributed by atoms with Gasteiger partial charge in [-0.15, -0.1) is 0 Å². The number of carbonyl (C=O) groups excluding carboxylic acids is 2. The summed E-state index contributed by atoms with van der Waals surface area (Å²) in [6.07, 6.45) is 2.56. The number of nitrogens with one attached hydrogen (secondary N) is 1. The zero-order valence-corrected chi connectivity index (χ0v) is 14.8. The lowest BCUT2D eigenvalue weighted by molar-refractivity contribution is -0.143. The van der Waals surface area contributed by atoms with Crippen LogP contribution in [0.4, 0.5) is 8.78 Å². The summed E-state index contributed by atoms with van der Waals surface area (Å²) in [5.41, 5.74) is 1.33. The number of halogens is 3. The van der Waals surface area contributed by atoms with E-state index in [4.69, 9.17) is 16.3 Å². The molecule has 2 aromatic rings. The van der Waals surface area contributed by atoms with E-state index in [2.05, 4.69) is 10.1 Å². The zero-order chi connectivity index (χ0) is 19.6. The van der Waals surface area contributed by atoms with Crippen LogP contribution in [-0.4, -0.2) is 25.1 Å². The molecule has 0 aromatic heterocycles. The number of ether oxygens (including phenoxy) is 2. The fourth-order valence-corrected chi connectivity index (χ4v) is 2.20. The van der Waals surface area contributed by atoms with Crippen molar-refractivity contribution in [2.75, 3.05) is 6.61 Å². The monoisotopic (exact) mass is 395 g/mol. The number of hydrogen-bond acceptors (Lipinski definition) is 4. The molecule has 0 saturated heterocycles. The van der Waals surface area contributed by atoms with Gasteiger partial charge in [0, 0.05) is 17.6 Å². The maximum absolute atomic E-state index is 12.1. The van der Waals surface area contributed by atoms with Crippen molar-refractivity contribution >= 4 is 29.6 Å². The Morgan fingerprint density at radius 2 is 1.81 bits per heavy atom. The summed E-state index contributed by atoms with van der Waals surface area (Å²) in [7, 11) is 0. The molecule has 0 radical (unpaired) electrons. The molecule has 2 aromatic carbocycles. The highest BCUT2D eigenvalue weighted by atomic mass is 35.5. The van der Waals surface area contributed by atoms with Crippen LogP contribution in [0.2, 0.25) is 5.02 Å². The van der Waals surface area contributed by atoms with E-state index >= 15 is 0 Å². The van der Waals surface area contributed by atoms with Crippen LogP contribution in [0.5, 0.6) is 5.75 Å². The first kappa shape index (κ1) is 20.4. The second kappa shape index (κ2) is 10.3. The summed E-state index contributed by atoms with van der Waals surface area (Å²) in [6.45, 7) is -3.11. The first-order valence-electron chi connectivity index (χ1n) is 7.84. The van der Waals surface area contributed by atoms with Gasteiger partial charge in [-0.2, -0.15) is 8.78 Å². The lowest BCUT2D eigenvalue weighted by Gasteiger charge is -2.07. The molecule has 142 valence electrons. The van der Waals surface area contributed by atoms with Gasteiger partial charge in [0.2, 0.25) is 0 Å². The van der Waals surface area contributed by atoms with Crippen LogP contribution < -0.4 is 10.1 Å². The van der Waals surface area contributed by atoms with E-state index in [0.717, 1.165) is 11.6 Å². The first-order valence-corrected chi connectivity index (χ1v) is 8.21. The lowest BCUT2D eigenvalue weighted by atomic mass is 10.2. The topological polar surface area (TPSA) is 64.6 Å². The number of hydrogen-bond donors (Lipinski definition) is 1. The van der Waals surface area contributed by atoms with Crippen molar-refractivity contribution in [1.82, 2.24) is 5.32 Å². The molecule has 1 N–H and O–H groups in total. The van der Waals surface area contributed by atoms with Crippen LogP contribution in [0, 0.1) is 0 Å². The number of amides is 1. The highest BCUT2D eigenvalue weighted by Gasteiger charge is 2.07. The van der Waals surface area contributed by atoms with E-state index in [1.54, 1.807) is 24.3 Å². The average molecular weight is 396 g/mol. The molecule has 0 atom stereocenters. The van der Waals surface area contributed by atoms with E-state index in [1.165, 1.54) is 30.3 Å². The lowest BCUT2D eigenvalue weighted by Crippen LogP contribution is -2.28. The molecule has 0 aliphatic rings. The third-order valence-corrected chi connectivity index (χ3v) is 3.67. The third-order valence-electron chi connectivity index (χ3n) is 3.30. The van der Waals surface area contributed by atoms with Crippen molar-refractivity contribution in [1.29, 1.82) is 0 Å². The normalized spacial score (nSPS) is 10.8. The van der Waals surface area contributed by atoms with Crippen LogP contribution in [0.25, 0.3) is 6.08 Å². The Morgan fingerprint density at radius 1 is 1.11 bits per heavy atom.